The summed E-state index contributed by atoms with van der Waals surface area (Å²) in [5.41, 5.74) is 5.38. The molecule has 0 atom stereocenters. The monoisotopic (exact) mass is 406 g/mol. The second kappa shape index (κ2) is 10.7. The number of halogens is 1. The third-order valence-corrected chi connectivity index (χ3v) is 3.89. The molecular formula is C20H23FN2O6. The zero-order valence-corrected chi connectivity index (χ0v) is 16.4. The van der Waals surface area contributed by atoms with Gasteiger partial charge in [0.25, 0.3) is 5.91 Å². The summed E-state index contributed by atoms with van der Waals surface area (Å²) in [5.74, 6) is 0.472. The maximum Gasteiger partial charge on any atom is 0.276 e. The van der Waals surface area contributed by atoms with Crippen molar-refractivity contribution in [2.75, 3.05) is 27.9 Å². The van der Waals surface area contributed by atoms with E-state index < -0.39 is 11.7 Å². The van der Waals surface area contributed by atoms with Gasteiger partial charge in [0.15, 0.2) is 18.1 Å². The van der Waals surface area contributed by atoms with Crippen LogP contribution in [0.2, 0.25) is 0 Å². The Balaban J connectivity index is 1.79. The Labute approximate surface area is 167 Å². The largest absolute Gasteiger partial charge is 0.493 e. The number of benzene rings is 2. The van der Waals surface area contributed by atoms with Crippen LogP contribution in [0, 0.1) is 5.82 Å². The zero-order chi connectivity index (χ0) is 21.2. The van der Waals surface area contributed by atoms with Gasteiger partial charge in [0.05, 0.1) is 21.3 Å². The van der Waals surface area contributed by atoms with E-state index in [4.69, 9.17) is 18.9 Å². The predicted molar refractivity (Wildman–Crippen MR) is 103 cm³/mol. The highest BCUT2D eigenvalue weighted by atomic mass is 19.1. The summed E-state index contributed by atoms with van der Waals surface area (Å²) in [6.45, 7) is -0.321. The smallest absolute Gasteiger partial charge is 0.276 e. The number of carbonyl (C=O) groups excluding carboxylic acids is 2. The Morgan fingerprint density at radius 1 is 0.897 bits per heavy atom. The van der Waals surface area contributed by atoms with E-state index in [-0.39, 0.29) is 18.9 Å². The van der Waals surface area contributed by atoms with Crippen molar-refractivity contribution in [2.24, 2.45) is 0 Å². The number of hydrogen-bond acceptors (Lipinski definition) is 6. The molecule has 8 nitrogen and oxygen atoms in total. The lowest BCUT2D eigenvalue weighted by atomic mass is 10.1. The van der Waals surface area contributed by atoms with Gasteiger partial charge in [-0.2, -0.15) is 0 Å². The standard InChI is InChI=1S/C20H23FN2O6/c1-26-16-10-13(11-17(27-2)20(16)28-3)4-9-18(24)22-23-19(25)12-29-15-7-5-14(21)6-8-15/h5-8,10-11H,4,9,12H2,1-3H3,(H,22,24)(H,23,25). The number of hydrogen-bond donors (Lipinski definition) is 2. The molecule has 2 N–H and O–H groups in total. The molecule has 9 heteroatoms. The van der Waals surface area contributed by atoms with E-state index in [9.17, 15) is 14.0 Å². The van der Waals surface area contributed by atoms with Gasteiger partial charge in [-0.05, 0) is 48.4 Å². The van der Waals surface area contributed by atoms with Crippen LogP contribution in [0.15, 0.2) is 36.4 Å². The van der Waals surface area contributed by atoms with E-state index >= 15 is 0 Å². The molecule has 0 saturated carbocycles. The van der Waals surface area contributed by atoms with Crippen molar-refractivity contribution >= 4 is 11.8 Å². The molecule has 0 unspecified atom stereocenters. The summed E-state index contributed by atoms with van der Waals surface area (Å²) in [5, 5.41) is 0. The second-order valence-electron chi connectivity index (χ2n) is 5.87. The molecule has 29 heavy (non-hydrogen) atoms. The Kier molecular flexibility index (Phi) is 8.08. The highest BCUT2D eigenvalue weighted by Crippen LogP contribution is 2.38. The summed E-state index contributed by atoms with van der Waals surface area (Å²) in [6.07, 6.45) is 0.516. The molecular weight excluding hydrogens is 383 g/mol. The predicted octanol–water partition coefficient (Wildman–Crippen LogP) is 2.01. The topological polar surface area (TPSA) is 95.1 Å². The lowest BCUT2D eigenvalue weighted by Crippen LogP contribution is -2.43. The minimum atomic E-state index is -0.546. The maximum atomic E-state index is 12.8. The molecule has 2 rings (SSSR count). The van der Waals surface area contributed by atoms with Crippen molar-refractivity contribution in [2.45, 2.75) is 12.8 Å². The molecule has 0 radical (unpaired) electrons. The Morgan fingerprint density at radius 2 is 1.48 bits per heavy atom. The average Bonchev–Trinajstić information content (AvgIpc) is 2.74. The number of hydrazine groups is 1. The van der Waals surface area contributed by atoms with Crippen molar-refractivity contribution in [3.63, 3.8) is 0 Å². The number of nitrogens with one attached hydrogen (secondary N) is 2. The van der Waals surface area contributed by atoms with Gasteiger partial charge in [-0.15, -0.1) is 0 Å². The van der Waals surface area contributed by atoms with Gasteiger partial charge in [-0.1, -0.05) is 0 Å². The van der Waals surface area contributed by atoms with Crippen LogP contribution in [0.25, 0.3) is 0 Å². The van der Waals surface area contributed by atoms with Crippen molar-refractivity contribution in [1.29, 1.82) is 0 Å². The van der Waals surface area contributed by atoms with Crippen LogP contribution in [0.1, 0.15) is 12.0 Å². The van der Waals surface area contributed by atoms with Crippen LogP contribution >= 0.6 is 0 Å². The second-order valence-corrected chi connectivity index (χ2v) is 5.87. The average molecular weight is 406 g/mol. The van der Waals surface area contributed by atoms with E-state index in [0.717, 1.165) is 5.56 Å². The number of rotatable bonds is 9. The number of ether oxygens (including phenoxy) is 4. The van der Waals surface area contributed by atoms with Crippen molar-refractivity contribution in [3.8, 4) is 23.0 Å². The molecule has 0 aliphatic rings. The number of carbonyl (C=O) groups is 2. The fourth-order valence-electron chi connectivity index (χ4n) is 2.46. The van der Waals surface area contributed by atoms with E-state index in [1.54, 1.807) is 12.1 Å². The molecule has 0 fully saturated rings. The van der Waals surface area contributed by atoms with Gasteiger partial charge in [0.2, 0.25) is 11.7 Å². The van der Waals surface area contributed by atoms with Gasteiger partial charge >= 0.3 is 0 Å². The normalized spacial score (nSPS) is 10.1. The third-order valence-electron chi connectivity index (χ3n) is 3.89. The van der Waals surface area contributed by atoms with E-state index in [1.807, 2.05) is 0 Å². The lowest BCUT2D eigenvalue weighted by Gasteiger charge is -2.14. The molecule has 2 aromatic rings. The first-order valence-corrected chi connectivity index (χ1v) is 8.71. The van der Waals surface area contributed by atoms with Gasteiger partial charge in [0, 0.05) is 6.42 Å². The molecule has 2 aromatic carbocycles. The first kappa shape index (κ1) is 21.8. The Hall–Kier alpha value is -3.49. The fraction of sp³-hybridized carbons (Fsp3) is 0.300. The number of aryl methyl sites for hydroxylation is 1. The van der Waals surface area contributed by atoms with E-state index in [2.05, 4.69) is 10.9 Å². The Bertz CT molecular complexity index is 816. The highest BCUT2D eigenvalue weighted by molar-refractivity contribution is 5.82. The molecule has 0 saturated heterocycles. The molecule has 0 aliphatic carbocycles. The summed E-state index contributed by atoms with van der Waals surface area (Å²) < 4.78 is 33.8. The molecule has 0 heterocycles. The van der Waals surface area contributed by atoms with Gasteiger partial charge in [-0.25, -0.2) is 4.39 Å². The van der Waals surface area contributed by atoms with Crippen LogP contribution in [-0.2, 0) is 16.0 Å². The van der Waals surface area contributed by atoms with Crippen molar-refractivity contribution in [1.82, 2.24) is 10.9 Å². The number of amides is 2. The molecule has 156 valence electrons. The minimum Gasteiger partial charge on any atom is -0.493 e. The first-order chi connectivity index (χ1) is 14.0. The lowest BCUT2D eigenvalue weighted by molar-refractivity contribution is -0.130. The van der Waals surface area contributed by atoms with Gasteiger partial charge < -0.3 is 18.9 Å². The summed E-state index contributed by atoms with van der Waals surface area (Å²) in [6, 6.07) is 8.75. The van der Waals surface area contributed by atoms with E-state index in [1.165, 1.54) is 45.6 Å². The quantitative estimate of drug-likeness (QED) is 0.619. The minimum absolute atomic E-state index is 0.123. The summed E-state index contributed by atoms with van der Waals surface area (Å²) >= 11 is 0. The third kappa shape index (κ3) is 6.56. The molecule has 0 aromatic heterocycles. The Morgan fingerprint density at radius 3 is 2.03 bits per heavy atom. The van der Waals surface area contributed by atoms with Gasteiger partial charge in [-0.3, -0.25) is 20.4 Å². The van der Waals surface area contributed by atoms with Crippen LogP contribution < -0.4 is 29.8 Å². The number of methoxy groups -OCH3 is 3. The van der Waals surface area contributed by atoms with Crippen LogP contribution in [-0.4, -0.2) is 39.8 Å². The van der Waals surface area contributed by atoms with Crippen molar-refractivity contribution < 1.29 is 32.9 Å². The van der Waals surface area contributed by atoms with Crippen molar-refractivity contribution in [3.05, 3.63) is 47.8 Å². The molecule has 0 aliphatic heterocycles. The van der Waals surface area contributed by atoms with E-state index in [0.29, 0.717) is 29.4 Å². The highest BCUT2D eigenvalue weighted by Gasteiger charge is 2.14. The van der Waals surface area contributed by atoms with Gasteiger partial charge in [0.1, 0.15) is 11.6 Å². The zero-order valence-electron chi connectivity index (χ0n) is 16.4. The molecule has 0 bridgehead atoms. The SMILES string of the molecule is COc1cc(CCC(=O)NNC(=O)COc2ccc(F)cc2)cc(OC)c1OC. The van der Waals surface area contributed by atoms with Crippen LogP contribution in [0.4, 0.5) is 4.39 Å². The molecule has 2 amide bonds. The first-order valence-electron chi connectivity index (χ1n) is 8.71. The summed E-state index contributed by atoms with van der Waals surface area (Å²) in [4.78, 5) is 23.7. The fourth-order valence-corrected chi connectivity index (χ4v) is 2.46. The molecule has 0 spiro atoms. The van der Waals surface area contributed by atoms with Crippen LogP contribution in [0.5, 0.6) is 23.0 Å². The maximum absolute atomic E-state index is 12.8. The summed E-state index contributed by atoms with van der Waals surface area (Å²) in [7, 11) is 4.53. The van der Waals surface area contributed by atoms with Crippen LogP contribution in [0.3, 0.4) is 0 Å².